The molecule has 0 aromatic rings. The normalized spacial score (nSPS) is 44.3. The van der Waals surface area contributed by atoms with E-state index >= 15 is 0 Å². The summed E-state index contributed by atoms with van der Waals surface area (Å²) in [6, 6.07) is 0. The Morgan fingerprint density at radius 2 is 1.77 bits per heavy atom. The van der Waals surface area contributed by atoms with E-state index in [1.54, 1.807) is 0 Å². The third-order valence-electron chi connectivity index (χ3n) is 3.68. The third-order valence-corrected chi connectivity index (χ3v) is 3.68. The fourth-order valence-corrected chi connectivity index (χ4v) is 3.18. The molecule has 1 N–H and O–H groups in total. The van der Waals surface area contributed by atoms with E-state index in [0.717, 1.165) is 6.42 Å². The number of hydrogen-bond donors (Lipinski definition) is 1. The Labute approximate surface area is 74.9 Å². The second-order valence-electron chi connectivity index (χ2n) is 4.25. The van der Waals surface area contributed by atoms with E-state index in [0.29, 0.717) is 12.8 Å². The lowest BCUT2D eigenvalue weighted by molar-refractivity contribution is -0.204. The van der Waals surface area contributed by atoms with E-state index in [1.165, 1.54) is 0 Å². The third kappa shape index (κ3) is 1.35. The Morgan fingerprint density at radius 3 is 2.23 bits per heavy atom. The average Bonchev–Trinajstić information content (AvgIpc) is 2.59. The Kier molecular flexibility index (Phi) is 2.06. The van der Waals surface area contributed by atoms with Crippen molar-refractivity contribution in [1.82, 2.24) is 0 Å². The first-order valence-corrected chi connectivity index (χ1v) is 4.71. The van der Waals surface area contributed by atoms with Crippen LogP contribution in [0.25, 0.3) is 0 Å². The lowest BCUT2D eigenvalue weighted by Crippen LogP contribution is -2.36. The van der Waals surface area contributed by atoms with Crippen molar-refractivity contribution in [3.8, 4) is 0 Å². The van der Waals surface area contributed by atoms with Crippen LogP contribution in [-0.2, 0) is 0 Å². The molecule has 4 heteroatoms. The maximum absolute atomic E-state index is 12.5. The smallest absolute Gasteiger partial charge is 0.392 e. The van der Waals surface area contributed by atoms with Gasteiger partial charge in [0, 0.05) is 6.61 Å². The predicted molar refractivity (Wildman–Crippen MR) is 41.0 cm³/mol. The molecule has 4 atom stereocenters. The summed E-state index contributed by atoms with van der Waals surface area (Å²) >= 11 is 0. The van der Waals surface area contributed by atoms with Gasteiger partial charge >= 0.3 is 6.18 Å². The van der Waals surface area contributed by atoms with Crippen molar-refractivity contribution in [2.45, 2.75) is 25.4 Å². The molecule has 2 aliphatic rings. The Morgan fingerprint density at radius 1 is 1.15 bits per heavy atom. The van der Waals surface area contributed by atoms with Crippen LogP contribution in [-0.4, -0.2) is 17.9 Å². The highest BCUT2D eigenvalue weighted by Gasteiger charge is 2.58. The molecule has 76 valence electrons. The van der Waals surface area contributed by atoms with Gasteiger partial charge in [0.25, 0.3) is 0 Å². The molecule has 0 aliphatic heterocycles. The summed E-state index contributed by atoms with van der Waals surface area (Å²) in [5.74, 6) is -1.82. The Bertz CT molecular complexity index is 202. The van der Waals surface area contributed by atoms with Gasteiger partial charge in [0.2, 0.25) is 0 Å². The topological polar surface area (TPSA) is 20.2 Å². The molecule has 0 spiro atoms. The number of rotatable bonds is 1. The van der Waals surface area contributed by atoms with E-state index in [1.807, 2.05) is 0 Å². The van der Waals surface area contributed by atoms with E-state index in [2.05, 4.69) is 0 Å². The molecular formula is C9H13F3O. The fraction of sp³-hybridized carbons (Fsp3) is 1.00. The first-order valence-electron chi connectivity index (χ1n) is 4.71. The minimum Gasteiger partial charge on any atom is -0.396 e. The van der Waals surface area contributed by atoms with Gasteiger partial charge in [0.15, 0.2) is 0 Å². The lowest BCUT2D eigenvalue weighted by atomic mass is 9.79. The summed E-state index contributed by atoms with van der Waals surface area (Å²) < 4.78 is 37.6. The van der Waals surface area contributed by atoms with Crippen LogP contribution in [0.1, 0.15) is 19.3 Å². The molecule has 2 fully saturated rings. The average molecular weight is 194 g/mol. The van der Waals surface area contributed by atoms with Crippen molar-refractivity contribution in [3.05, 3.63) is 0 Å². The van der Waals surface area contributed by atoms with Crippen LogP contribution < -0.4 is 0 Å². The van der Waals surface area contributed by atoms with Crippen molar-refractivity contribution < 1.29 is 18.3 Å². The second kappa shape index (κ2) is 2.87. The van der Waals surface area contributed by atoms with Gasteiger partial charge in [-0.1, -0.05) is 0 Å². The zero-order valence-corrected chi connectivity index (χ0v) is 7.22. The monoisotopic (exact) mass is 194 g/mol. The van der Waals surface area contributed by atoms with Gasteiger partial charge in [0.1, 0.15) is 0 Å². The number of aliphatic hydroxyl groups excluding tert-OH is 1. The zero-order valence-electron chi connectivity index (χ0n) is 7.22. The molecule has 0 aromatic heterocycles. The van der Waals surface area contributed by atoms with Gasteiger partial charge in [-0.3, -0.25) is 0 Å². The number of hydrogen-bond acceptors (Lipinski definition) is 1. The minimum atomic E-state index is -4.10. The number of aliphatic hydroxyl groups is 1. The van der Waals surface area contributed by atoms with Crippen molar-refractivity contribution in [1.29, 1.82) is 0 Å². The molecule has 0 saturated heterocycles. The highest BCUT2D eigenvalue weighted by Crippen LogP contribution is 2.57. The quantitative estimate of drug-likeness (QED) is 0.678. The highest BCUT2D eigenvalue weighted by atomic mass is 19.4. The Balaban J connectivity index is 2.18. The molecule has 2 saturated carbocycles. The zero-order chi connectivity index (χ0) is 9.64. The Hall–Kier alpha value is -0.250. The molecule has 0 amide bonds. The van der Waals surface area contributed by atoms with Gasteiger partial charge in [-0.25, -0.2) is 0 Å². The molecular weight excluding hydrogens is 181 g/mol. The van der Waals surface area contributed by atoms with Crippen molar-refractivity contribution in [3.63, 3.8) is 0 Å². The summed E-state index contributed by atoms with van der Waals surface area (Å²) in [4.78, 5) is 0. The maximum atomic E-state index is 12.5. The second-order valence-corrected chi connectivity index (χ2v) is 4.25. The molecule has 2 bridgehead atoms. The molecule has 2 aliphatic carbocycles. The van der Waals surface area contributed by atoms with Crippen LogP contribution in [0.3, 0.4) is 0 Å². The van der Waals surface area contributed by atoms with Crippen molar-refractivity contribution in [2.75, 3.05) is 6.61 Å². The fourth-order valence-electron chi connectivity index (χ4n) is 3.18. The van der Waals surface area contributed by atoms with E-state index in [9.17, 15) is 13.2 Å². The first kappa shape index (κ1) is 9.31. The summed E-state index contributed by atoms with van der Waals surface area (Å²) in [6.07, 6.45) is -1.85. The number of alkyl halides is 3. The van der Waals surface area contributed by atoms with E-state index in [-0.39, 0.29) is 18.4 Å². The van der Waals surface area contributed by atoms with Crippen LogP contribution in [0.4, 0.5) is 13.2 Å². The predicted octanol–water partition coefficient (Wildman–Crippen LogP) is 2.20. The van der Waals surface area contributed by atoms with Gasteiger partial charge in [-0.2, -0.15) is 13.2 Å². The van der Waals surface area contributed by atoms with Crippen molar-refractivity contribution in [2.24, 2.45) is 23.7 Å². The lowest BCUT2D eigenvalue weighted by Gasteiger charge is -2.31. The van der Waals surface area contributed by atoms with Gasteiger partial charge in [-0.15, -0.1) is 0 Å². The number of halogens is 3. The van der Waals surface area contributed by atoms with Gasteiger partial charge in [0.05, 0.1) is 5.92 Å². The van der Waals surface area contributed by atoms with Crippen LogP contribution in [0, 0.1) is 23.7 Å². The summed E-state index contributed by atoms with van der Waals surface area (Å²) in [6.45, 7) is -0.300. The van der Waals surface area contributed by atoms with Crippen LogP contribution in [0.2, 0.25) is 0 Å². The molecule has 2 rings (SSSR count). The van der Waals surface area contributed by atoms with Crippen molar-refractivity contribution >= 4 is 0 Å². The van der Waals surface area contributed by atoms with E-state index in [4.69, 9.17) is 5.11 Å². The molecule has 13 heavy (non-hydrogen) atoms. The van der Waals surface area contributed by atoms with Gasteiger partial charge < -0.3 is 5.11 Å². The molecule has 4 unspecified atom stereocenters. The number of fused-ring (bicyclic) bond motifs is 2. The van der Waals surface area contributed by atoms with Crippen LogP contribution in [0.5, 0.6) is 0 Å². The van der Waals surface area contributed by atoms with Crippen LogP contribution >= 0.6 is 0 Å². The standard InChI is InChI=1S/C9H13F3O/c10-9(11,12)8-6-2-1-5(3-6)7(8)4-13/h5-8,13H,1-4H2. The maximum Gasteiger partial charge on any atom is 0.392 e. The first-order chi connectivity index (χ1) is 6.04. The summed E-state index contributed by atoms with van der Waals surface area (Å²) in [5, 5.41) is 8.92. The summed E-state index contributed by atoms with van der Waals surface area (Å²) in [5.41, 5.74) is 0. The largest absolute Gasteiger partial charge is 0.396 e. The molecule has 1 nitrogen and oxygen atoms in total. The highest BCUT2D eigenvalue weighted by molar-refractivity contribution is 4.98. The SMILES string of the molecule is OCC1C2CCC(C2)C1C(F)(F)F. The van der Waals surface area contributed by atoms with E-state index < -0.39 is 18.0 Å². The van der Waals surface area contributed by atoms with Crippen LogP contribution in [0.15, 0.2) is 0 Å². The molecule has 0 radical (unpaired) electrons. The minimum absolute atomic E-state index is 0.127. The molecule has 0 aromatic carbocycles. The molecule has 0 heterocycles. The van der Waals surface area contributed by atoms with Gasteiger partial charge in [-0.05, 0) is 37.0 Å². The summed E-state index contributed by atoms with van der Waals surface area (Å²) in [7, 11) is 0.